The van der Waals surface area contributed by atoms with Gasteiger partial charge >= 0.3 is 29.8 Å². The normalized spacial score (nSPS) is 47.1. The van der Waals surface area contributed by atoms with E-state index in [0.717, 1.165) is 0 Å². The lowest BCUT2D eigenvalue weighted by Gasteiger charge is -2.57. The zero-order valence-corrected chi connectivity index (χ0v) is 27.2. The molecular weight excluding hydrogens is 691 g/mol. The number of fused-ring (bicyclic) bond motifs is 3. The minimum Gasteiger partial charge on any atom is -0.462 e. The van der Waals surface area contributed by atoms with Crippen LogP contribution < -0.4 is 0 Å². The summed E-state index contributed by atoms with van der Waals surface area (Å²) in [7, 11) is 0. The van der Waals surface area contributed by atoms with Crippen LogP contribution in [0.25, 0.3) is 0 Å². The highest BCUT2D eigenvalue weighted by molar-refractivity contribution is 14.1. The third-order valence-electron chi connectivity index (χ3n) is 9.92. The number of ether oxygens (including phenoxy) is 7. The largest absolute Gasteiger partial charge is 0.462 e. The third kappa shape index (κ3) is 4.54. The zero-order valence-electron chi connectivity index (χ0n) is 24.3. The van der Waals surface area contributed by atoms with Gasteiger partial charge in [-0.2, -0.15) is 0 Å². The van der Waals surface area contributed by atoms with Crippen molar-refractivity contribution in [1.82, 2.24) is 0 Å². The molecule has 0 aromatic rings. The number of carbonyl (C=O) groups excluding carboxylic acids is 5. The van der Waals surface area contributed by atoms with Gasteiger partial charge in [-0.1, -0.05) is 29.5 Å². The van der Waals surface area contributed by atoms with Crippen LogP contribution in [0.2, 0.25) is 0 Å². The highest BCUT2D eigenvalue weighted by Gasteiger charge is 2.82. The van der Waals surface area contributed by atoms with Crippen molar-refractivity contribution in [2.75, 3.05) is 11.0 Å². The van der Waals surface area contributed by atoms with E-state index in [1.165, 1.54) is 27.7 Å². The monoisotopic (exact) mass is 726 g/mol. The van der Waals surface area contributed by atoms with Crippen molar-refractivity contribution in [3.63, 3.8) is 0 Å². The van der Waals surface area contributed by atoms with Crippen LogP contribution >= 0.6 is 34.2 Å². The Bertz CT molecular complexity index is 1190. The van der Waals surface area contributed by atoms with Gasteiger partial charge in [-0.15, -0.1) is 11.6 Å². The topological polar surface area (TPSA) is 153 Å². The molecule has 234 valence electrons. The molecule has 0 radical (unpaired) electrons. The van der Waals surface area contributed by atoms with E-state index in [1.807, 2.05) is 0 Å². The Kier molecular flexibility index (Phi) is 8.10. The molecule has 5 aliphatic rings. The molecule has 1 aliphatic carbocycles. The van der Waals surface area contributed by atoms with Crippen molar-refractivity contribution in [3.8, 4) is 0 Å². The van der Waals surface area contributed by atoms with E-state index in [-0.39, 0.29) is 25.9 Å². The minimum atomic E-state index is -1.59. The molecule has 0 aromatic heterocycles. The molecule has 5 fully saturated rings. The average Bonchev–Trinajstić information content (AvgIpc) is 3.57. The quantitative estimate of drug-likeness (QED) is 0.135. The van der Waals surface area contributed by atoms with Crippen molar-refractivity contribution >= 4 is 64.0 Å². The smallest absolute Gasteiger partial charge is 0.312 e. The van der Waals surface area contributed by atoms with E-state index < -0.39 is 99.8 Å². The minimum absolute atomic E-state index is 0.0363. The number of hydrogen-bond donors (Lipinski definition) is 0. The summed E-state index contributed by atoms with van der Waals surface area (Å²) in [5.74, 6) is -4.94. The maximum Gasteiger partial charge on any atom is 0.312 e. The van der Waals surface area contributed by atoms with Gasteiger partial charge in [0.15, 0.2) is 11.7 Å². The molecule has 5 rings (SSSR count). The summed E-state index contributed by atoms with van der Waals surface area (Å²) < 4.78 is 43.3. The Morgan fingerprint density at radius 2 is 1.50 bits per heavy atom. The molecule has 4 aliphatic heterocycles. The van der Waals surface area contributed by atoms with E-state index in [4.69, 9.17) is 44.8 Å². The molecule has 2 spiro atoms. The van der Waals surface area contributed by atoms with E-state index in [1.54, 1.807) is 13.8 Å². The van der Waals surface area contributed by atoms with Gasteiger partial charge in [0.2, 0.25) is 0 Å². The first-order chi connectivity index (χ1) is 19.6. The standard InChI is InChI=1S/C28H36ClIO12/c1-12-24(35)41-23-21(29)26(10-30)8-7-17(37-13(2)31)25(6)18(38-14(3)32)9-19(39-15(4)33)27(11-36-27)20(25)22(40-16(5)34)28(12,23)42-26/h12,17-23H,7-11H2,1-6H3. The summed E-state index contributed by atoms with van der Waals surface area (Å²) in [6.45, 7) is 8.55. The third-order valence-corrected chi connectivity index (χ3v) is 11.8. The number of epoxide rings is 1. The molecule has 2 bridgehead atoms. The van der Waals surface area contributed by atoms with Crippen LogP contribution in [0.5, 0.6) is 0 Å². The molecule has 4 heterocycles. The first kappa shape index (κ1) is 31.7. The summed E-state index contributed by atoms with van der Waals surface area (Å²) in [5, 5.41) is -0.836. The molecular formula is C28H36ClIO12. The number of rotatable bonds is 5. The van der Waals surface area contributed by atoms with Gasteiger partial charge in [0, 0.05) is 44.5 Å². The van der Waals surface area contributed by atoms with Gasteiger partial charge < -0.3 is 33.2 Å². The maximum atomic E-state index is 13.2. The van der Waals surface area contributed by atoms with Gasteiger partial charge in [-0.25, -0.2) is 0 Å². The van der Waals surface area contributed by atoms with E-state index >= 15 is 0 Å². The van der Waals surface area contributed by atoms with Crippen LogP contribution in [0, 0.1) is 17.3 Å². The van der Waals surface area contributed by atoms with Crippen LogP contribution in [0.1, 0.15) is 60.8 Å². The molecule has 12 unspecified atom stereocenters. The number of esters is 5. The second-order valence-electron chi connectivity index (χ2n) is 12.3. The molecule has 4 saturated heterocycles. The Hall–Kier alpha value is -1.71. The summed E-state index contributed by atoms with van der Waals surface area (Å²) in [5.41, 5.74) is -5.19. The van der Waals surface area contributed by atoms with Gasteiger partial charge in [0.05, 0.1) is 23.5 Å². The van der Waals surface area contributed by atoms with E-state index in [0.29, 0.717) is 4.43 Å². The first-order valence-corrected chi connectivity index (χ1v) is 16.0. The predicted molar refractivity (Wildman–Crippen MR) is 150 cm³/mol. The van der Waals surface area contributed by atoms with Crippen molar-refractivity contribution in [3.05, 3.63) is 0 Å². The van der Waals surface area contributed by atoms with Crippen LogP contribution in [0.15, 0.2) is 0 Å². The molecule has 0 aromatic carbocycles. The second-order valence-corrected chi connectivity index (χ2v) is 13.6. The van der Waals surface area contributed by atoms with Crippen LogP contribution in [-0.2, 0) is 57.1 Å². The highest BCUT2D eigenvalue weighted by Crippen LogP contribution is 2.66. The highest BCUT2D eigenvalue weighted by atomic mass is 127. The molecule has 12 nitrogen and oxygen atoms in total. The Labute approximate surface area is 262 Å². The second kappa shape index (κ2) is 10.7. The number of hydrogen-bond acceptors (Lipinski definition) is 12. The van der Waals surface area contributed by atoms with Crippen molar-refractivity contribution in [2.45, 2.75) is 114 Å². The lowest BCUT2D eigenvalue weighted by Crippen LogP contribution is -2.71. The van der Waals surface area contributed by atoms with Crippen LogP contribution in [0.4, 0.5) is 0 Å². The molecule has 42 heavy (non-hydrogen) atoms. The Morgan fingerprint density at radius 3 is 2.02 bits per heavy atom. The van der Waals surface area contributed by atoms with Crippen molar-refractivity contribution in [1.29, 1.82) is 0 Å². The Balaban J connectivity index is 1.83. The molecule has 14 heteroatoms. The number of halogens is 2. The number of alkyl halides is 2. The predicted octanol–water partition coefficient (Wildman–Crippen LogP) is 2.41. The molecule has 0 N–H and O–H groups in total. The first-order valence-electron chi connectivity index (χ1n) is 14.0. The molecule has 0 amide bonds. The fourth-order valence-corrected chi connectivity index (χ4v) is 9.85. The maximum absolute atomic E-state index is 13.2. The van der Waals surface area contributed by atoms with E-state index in [9.17, 15) is 24.0 Å². The van der Waals surface area contributed by atoms with Crippen LogP contribution in [-0.4, -0.2) is 93.6 Å². The fourth-order valence-electron chi connectivity index (χ4n) is 8.10. The summed E-state index contributed by atoms with van der Waals surface area (Å²) in [6.07, 6.45) is -4.56. The van der Waals surface area contributed by atoms with Crippen LogP contribution in [0.3, 0.4) is 0 Å². The summed E-state index contributed by atoms with van der Waals surface area (Å²) >= 11 is 9.28. The molecule has 12 atom stereocenters. The summed E-state index contributed by atoms with van der Waals surface area (Å²) in [4.78, 5) is 63.6. The van der Waals surface area contributed by atoms with Gasteiger partial charge in [-0.05, 0) is 19.8 Å². The lowest BCUT2D eigenvalue weighted by molar-refractivity contribution is -0.258. The lowest BCUT2D eigenvalue weighted by atomic mass is 9.52. The Morgan fingerprint density at radius 1 is 0.952 bits per heavy atom. The van der Waals surface area contributed by atoms with E-state index in [2.05, 4.69) is 22.6 Å². The van der Waals surface area contributed by atoms with Crippen molar-refractivity contribution in [2.24, 2.45) is 17.3 Å². The molecule has 1 saturated carbocycles. The summed E-state index contributed by atoms with van der Waals surface area (Å²) in [6, 6.07) is 0. The van der Waals surface area contributed by atoms with Crippen molar-refractivity contribution < 1.29 is 57.1 Å². The SMILES string of the molecule is CC(=O)OC1CC(OC(C)=O)C2(C)C(OC(C)=O)CCC3(CI)OC4(C(C)C(=O)OC4C3Cl)C(OC(C)=O)C2C12CO2. The van der Waals surface area contributed by atoms with Gasteiger partial charge in [0.25, 0.3) is 0 Å². The zero-order chi connectivity index (χ0) is 31.0. The van der Waals surface area contributed by atoms with Gasteiger partial charge in [-0.3, -0.25) is 24.0 Å². The average molecular weight is 727 g/mol. The number of carbonyl (C=O) groups is 5. The fraction of sp³-hybridized carbons (Fsp3) is 0.821. The van der Waals surface area contributed by atoms with Gasteiger partial charge in [0.1, 0.15) is 35.4 Å².